The predicted molar refractivity (Wildman–Crippen MR) is 392 cm³/mol. The molecule has 0 amide bonds. The lowest BCUT2D eigenvalue weighted by atomic mass is 9.80. The SMILES string of the molecule is COc1cc(C(=O)Oc2cc(C[C@@H](CO)[C@H](CCCO)Cc3ccc(O)c(OC(=O)c4cc(OC)c(OC)c(OC)c4)c3)ccc2O)cc(OC)c1OC.COc1cc(C(=O)Oc2cc(C[C@H](CO)[C@@H](CCCO)Cc3ccc(O)c(OC(=O)c4cc(OC)c(OC)c(OC)c4)c3)ccc2O)cc(OC)c1OC. The molecule has 0 radical (unpaired) electrons. The molecule has 0 aliphatic carbocycles. The van der Waals surface area contributed by atoms with Crippen molar-refractivity contribution >= 4 is 23.9 Å². The fourth-order valence-electron chi connectivity index (χ4n) is 12.2. The number of methoxy groups -OCH3 is 12. The van der Waals surface area contributed by atoms with Crippen LogP contribution >= 0.6 is 0 Å². The number of aromatic hydroxyl groups is 4. The van der Waals surface area contributed by atoms with E-state index in [1.807, 2.05) is 0 Å². The molecule has 0 spiro atoms. The number of hydrogen-bond acceptors (Lipinski definition) is 28. The first-order valence-electron chi connectivity index (χ1n) is 33.9. The number of hydrogen-bond donors (Lipinski definition) is 8. The monoisotopic (exact) mass is 1500 g/mol. The third kappa shape index (κ3) is 21.3. The molecule has 0 fully saturated rings. The van der Waals surface area contributed by atoms with Gasteiger partial charge in [0.05, 0.1) is 108 Å². The Balaban J connectivity index is 0.000000301. The molecule has 0 heterocycles. The number of carbonyl (C=O) groups is 4. The topological polar surface area (TPSA) is 378 Å². The van der Waals surface area contributed by atoms with Crippen LogP contribution in [-0.4, -0.2) is 176 Å². The summed E-state index contributed by atoms with van der Waals surface area (Å²) >= 11 is 0. The molecule has 4 atom stereocenters. The predicted octanol–water partition coefficient (Wildman–Crippen LogP) is 10.7. The summed E-state index contributed by atoms with van der Waals surface area (Å²) in [5.41, 5.74) is 3.11. The molecule has 28 nitrogen and oxygen atoms in total. The maximum Gasteiger partial charge on any atom is 0.343 e. The zero-order chi connectivity index (χ0) is 78.7. The van der Waals surface area contributed by atoms with E-state index in [2.05, 4.69) is 0 Å². The first-order valence-corrected chi connectivity index (χ1v) is 33.9. The van der Waals surface area contributed by atoms with Gasteiger partial charge >= 0.3 is 23.9 Å². The van der Waals surface area contributed by atoms with Crippen LogP contribution in [0.4, 0.5) is 0 Å². The smallest absolute Gasteiger partial charge is 0.343 e. The van der Waals surface area contributed by atoms with Crippen LogP contribution in [0.15, 0.2) is 121 Å². The molecule has 108 heavy (non-hydrogen) atoms. The molecule has 8 aromatic carbocycles. The van der Waals surface area contributed by atoms with E-state index in [-0.39, 0.29) is 164 Å². The fraction of sp³-hybridized carbons (Fsp3) is 0.350. The molecule has 0 unspecified atom stereocenters. The van der Waals surface area contributed by atoms with Crippen LogP contribution in [0.25, 0.3) is 0 Å². The van der Waals surface area contributed by atoms with Gasteiger partial charge in [-0.05, 0) is 194 Å². The number of aliphatic hydroxyl groups is 4. The maximum atomic E-state index is 13.2. The summed E-state index contributed by atoms with van der Waals surface area (Å²) in [6.45, 7) is -0.582. The summed E-state index contributed by atoms with van der Waals surface area (Å²) in [5, 5.41) is 82.9. The molecule has 0 aromatic heterocycles. The van der Waals surface area contributed by atoms with Gasteiger partial charge in [-0.15, -0.1) is 0 Å². The summed E-state index contributed by atoms with van der Waals surface area (Å²) in [6, 6.07) is 30.0. The van der Waals surface area contributed by atoms with Gasteiger partial charge in [0.25, 0.3) is 0 Å². The van der Waals surface area contributed by atoms with Crippen molar-refractivity contribution in [3.8, 4) is 115 Å². The van der Waals surface area contributed by atoms with Gasteiger partial charge in [0, 0.05) is 26.4 Å². The highest BCUT2D eigenvalue weighted by Gasteiger charge is 2.29. The number of rotatable bonds is 38. The summed E-state index contributed by atoms with van der Waals surface area (Å²) in [7, 11) is 17.1. The van der Waals surface area contributed by atoms with Crippen molar-refractivity contribution in [2.24, 2.45) is 23.7 Å². The average molecular weight is 1500 g/mol. The first kappa shape index (κ1) is 83.6. The minimum Gasteiger partial charge on any atom is -0.504 e. The van der Waals surface area contributed by atoms with E-state index in [1.165, 1.54) is 170 Å². The molecule has 0 bridgehead atoms. The third-order valence-corrected chi connectivity index (χ3v) is 17.8. The number of phenolic OH excluding ortho intramolecular Hbond substituents is 4. The lowest BCUT2D eigenvalue weighted by Crippen LogP contribution is -2.24. The van der Waals surface area contributed by atoms with E-state index in [4.69, 9.17) is 75.8 Å². The third-order valence-electron chi connectivity index (χ3n) is 17.8. The molecule has 28 heteroatoms. The second-order valence-corrected chi connectivity index (χ2v) is 24.4. The summed E-state index contributed by atoms with van der Waals surface area (Å²) in [4.78, 5) is 52.8. The van der Waals surface area contributed by atoms with Crippen LogP contribution in [0, 0.1) is 23.7 Å². The van der Waals surface area contributed by atoms with Gasteiger partial charge < -0.3 is 117 Å². The number of aliphatic hydroxyl groups excluding tert-OH is 4. The highest BCUT2D eigenvalue weighted by atomic mass is 16.6. The molecule has 0 aliphatic rings. The average Bonchev–Trinajstić information content (AvgIpc) is 0.822. The molecule has 0 saturated heterocycles. The van der Waals surface area contributed by atoms with E-state index in [0.717, 1.165) is 0 Å². The molecule has 580 valence electrons. The van der Waals surface area contributed by atoms with E-state index >= 15 is 0 Å². The lowest BCUT2D eigenvalue weighted by molar-refractivity contribution is 0.0719. The molecule has 0 aliphatic heterocycles. The Bertz CT molecular complexity index is 3990. The van der Waals surface area contributed by atoms with Gasteiger partial charge in [0.15, 0.2) is 92.0 Å². The second-order valence-electron chi connectivity index (χ2n) is 24.4. The molecule has 8 aromatic rings. The lowest BCUT2D eigenvalue weighted by Gasteiger charge is -2.26. The van der Waals surface area contributed by atoms with Crippen molar-refractivity contribution < 1.29 is 136 Å². The van der Waals surface area contributed by atoms with Crippen molar-refractivity contribution in [2.75, 3.05) is 112 Å². The Kier molecular flexibility index (Phi) is 31.5. The largest absolute Gasteiger partial charge is 0.504 e. The second kappa shape index (κ2) is 40.7. The van der Waals surface area contributed by atoms with E-state index in [1.54, 1.807) is 36.4 Å². The zero-order valence-electron chi connectivity index (χ0n) is 62.1. The zero-order valence-corrected chi connectivity index (χ0v) is 62.1. The summed E-state index contributed by atoms with van der Waals surface area (Å²) in [5.74, 6) is -2.40. The molecule has 8 rings (SSSR count). The number of ether oxygens (including phenoxy) is 16. The van der Waals surface area contributed by atoms with Crippen molar-refractivity contribution in [3.63, 3.8) is 0 Å². The summed E-state index contributed by atoms with van der Waals surface area (Å²) < 4.78 is 86.3. The van der Waals surface area contributed by atoms with Crippen LogP contribution in [0.1, 0.15) is 89.4 Å². The van der Waals surface area contributed by atoms with Gasteiger partial charge in [0.2, 0.25) is 23.0 Å². The molecule has 8 N–H and O–H groups in total. The van der Waals surface area contributed by atoms with Gasteiger partial charge in [-0.3, -0.25) is 0 Å². The first-order chi connectivity index (χ1) is 52.1. The number of phenols is 4. The Hall–Kier alpha value is -11.7. The maximum absolute atomic E-state index is 13.2. The van der Waals surface area contributed by atoms with Gasteiger partial charge in [-0.25, -0.2) is 19.2 Å². The minimum absolute atomic E-state index is 0.0673. The number of carbonyl (C=O) groups excluding carboxylic acids is 4. The van der Waals surface area contributed by atoms with Gasteiger partial charge in [-0.2, -0.15) is 0 Å². The van der Waals surface area contributed by atoms with E-state index < -0.39 is 23.9 Å². The van der Waals surface area contributed by atoms with E-state index in [0.29, 0.717) is 96.6 Å². The van der Waals surface area contributed by atoms with Crippen molar-refractivity contribution in [1.82, 2.24) is 0 Å². The van der Waals surface area contributed by atoms with Crippen molar-refractivity contribution in [1.29, 1.82) is 0 Å². The van der Waals surface area contributed by atoms with E-state index in [9.17, 15) is 60.0 Å². The van der Waals surface area contributed by atoms with Crippen LogP contribution in [0.2, 0.25) is 0 Å². The quantitative estimate of drug-likeness (QED) is 0.0132. The Labute approximate surface area is 624 Å². The molecule has 0 saturated carbocycles. The van der Waals surface area contributed by atoms with Gasteiger partial charge in [-0.1, -0.05) is 24.3 Å². The van der Waals surface area contributed by atoms with Gasteiger partial charge in [0.1, 0.15) is 0 Å². The highest BCUT2D eigenvalue weighted by molar-refractivity contribution is 5.95. The Morgan fingerprint density at radius 2 is 0.463 bits per heavy atom. The highest BCUT2D eigenvalue weighted by Crippen LogP contribution is 2.44. The summed E-state index contributed by atoms with van der Waals surface area (Å²) in [6.07, 6.45) is 3.40. The fourth-order valence-corrected chi connectivity index (χ4v) is 12.2. The molecular formula is C80H92O28. The van der Waals surface area contributed by atoms with Crippen LogP contribution in [0.3, 0.4) is 0 Å². The number of esters is 4. The standard InChI is InChI=1S/2C40H46O14/c2*1-47-33-18-26(19-34(48-2)37(33)51-5)39(45)53-31-16-23(9-11-29(31)43)14-25(8-7-13-41)28(22-42)15-24-10-12-30(44)32(17-24)54-40(46)27-20-35(49-3)38(52-6)36(21-27)50-4/h2*9-12,16-21,25,28,41-44H,7-8,13-15,22H2,1-6H3/t2*25-,28+/m10/s1. The Morgan fingerprint density at radius 3 is 0.630 bits per heavy atom. The van der Waals surface area contributed by atoms with Crippen LogP contribution in [0.5, 0.6) is 115 Å². The molecular weight excluding hydrogens is 1410 g/mol. The normalized spacial score (nSPS) is 11.9. The van der Waals surface area contributed by atoms with Crippen LogP contribution in [-0.2, 0) is 25.7 Å². The van der Waals surface area contributed by atoms with Crippen molar-refractivity contribution in [2.45, 2.75) is 51.4 Å². The van der Waals surface area contributed by atoms with Crippen LogP contribution < -0.4 is 75.8 Å². The number of benzene rings is 8. The Morgan fingerprint density at radius 1 is 0.269 bits per heavy atom. The van der Waals surface area contributed by atoms with Crippen molar-refractivity contribution in [3.05, 3.63) is 166 Å². The minimum atomic E-state index is -0.782.